The number of carbonyl (C=O) groups is 1. The van der Waals surface area contributed by atoms with E-state index >= 15 is 0 Å². The topological polar surface area (TPSA) is 65.8 Å². The van der Waals surface area contributed by atoms with Gasteiger partial charge in [0.2, 0.25) is 5.91 Å². The van der Waals surface area contributed by atoms with Crippen LogP contribution in [0.25, 0.3) is 11.3 Å². The zero-order chi connectivity index (χ0) is 17.6. The highest BCUT2D eigenvalue weighted by molar-refractivity contribution is 7.10. The summed E-state index contributed by atoms with van der Waals surface area (Å²) in [4.78, 5) is 16.9. The number of amides is 1. The summed E-state index contributed by atoms with van der Waals surface area (Å²) in [5, 5.41) is 14.7. The Balaban J connectivity index is 1.61. The van der Waals surface area contributed by atoms with E-state index in [1.165, 1.54) is 0 Å². The first-order chi connectivity index (χ1) is 12.2. The van der Waals surface area contributed by atoms with Gasteiger partial charge < -0.3 is 5.32 Å². The second-order valence-corrected chi connectivity index (χ2v) is 6.60. The molecule has 1 heterocycles. The third kappa shape index (κ3) is 4.31. The van der Waals surface area contributed by atoms with Crippen LogP contribution in [0.15, 0.2) is 60.0 Å². The highest BCUT2D eigenvalue weighted by Crippen LogP contribution is 2.25. The van der Waals surface area contributed by atoms with Gasteiger partial charge in [-0.05, 0) is 24.6 Å². The van der Waals surface area contributed by atoms with Crippen LogP contribution in [0.2, 0.25) is 0 Å². The van der Waals surface area contributed by atoms with Gasteiger partial charge in [-0.1, -0.05) is 42.5 Å². The molecule has 1 N–H and O–H groups in total. The molecule has 2 aromatic carbocycles. The van der Waals surface area contributed by atoms with Gasteiger partial charge in [-0.25, -0.2) is 4.98 Å². The highest BCUT2D eigenvalue weighted by Gasteiger charge is 2.14. The molecule has 0 spiro atoms. The summed E-state index contributed by atoms with van der Waals surface area (Å²) in [6.07, 6.45) is 0.285. The van der Waals surface area contributed by atoms with Crippen molar-refractivity contribution in [2.24, 2.45) is 0 Å². The molecule has 4 nitrogen and oxygen atoms in total. The second kappa shape index (κ2) is 7.73. The lowest BCUT2D eigenvalue weighted by atomic mass is 10.1. The van der Waals surface area contributed by atoms with Crippen LogP contribution in [0.3, 0.4) is 0 Å². The number of nitrogens with zero attached hydrogens (tertiary/aromatic N) is 2. The number of nitriles is 1. The van der Waals surface area contributed by atoms with E-state index in [4.69, 9.17) is 5.26 Å². The fraction of sp³-hybridized carbons (Fsp3) is 0.150. The first-order valence-corrected chi connectivity index (χ1v) is 8.83. The van der Waals surface area contributed by atoms with Crippen LogP contribution < -0.4 is 5.32 Å². The lowest BCUT2D eigenvalue weighted by Crippen LogP contribution is -2.28. The summed E-state index contributed by atoms with van der Waals surface area (Å²) in [7, 11) is 0. The van der Waals surface area contributed by atoms with Crippen LogP contribution in [0, 0.1) is 11.3 Å². The predicted octanol–water partition coefficient (Wildman–Crippen LogP) is 4.10. The fourth-order valence-corrected chi connectivity index (χ4v) is 3.30. The molecule has 124 valence electrons. The molecule has 3 aromatic rings. The summed E-state index contributed by atoms with van der Waals surface area (Å²) >= 11 is 1.54. The SMILES string of the molecule is C[C@@H](NC(=O)Cc1ccc(C#N)cc1)c1nc(-c2ccccc2)cs1. The van der Waals surface area contributed by atoms with Gasteiger partial charge in [0, 0.05) is 10.9 Å². The van der Waals surface area contributed by atoms with Crippen molar-refractivity contribution in [3.8, 4) is 17.3 Å². The molecule has 25 heavy (non-hydrogen) atoms. The molecule has 0 bridgehead atoms. The monoisotopic (exact) mass is 347 g/mol. The summed E-state index contributed by atoms with van der Waals surface area (Å²) in [6.45, 7) is 1.93. The smallest absolute Gasteiger partial charge is 0.224 e. The van der Waals surface area contributed by atoms with E-state index in [-0.39, 0.29) is 18.4 Å². The van der Waals surface area contributed by atoms with Gasteiger partial charge in [-0.3, -0.25) is 4.79 Å². The Bertz CT molecular complexity index is 895. The minimum Gasteiger partial charge on any atom is -0.347 e. The van der Waals surface area contributed by atoms with Gasteiger partial charge >= 0.3 is 0 Å². The van der Waals surface area contributed by atoms with Gasteiger partial charge in [0.15, 0.2) is 0 Å². The molecule has 0 fully saturated rings. The maximum absolute atomic E-state index is 12.2. The number of benzene rings is 2. The average molecular weight is 347 g/mol. The molecule has 0 aliphatic carbocycles. The lowest BCUT2D eigenvalue weighted by Gasteiger charge is -2.11. The number of nitrogens with one attached hydrogen (secondary N) is 1. The Labute approximate surface area is 150 Å². The summed E-state index contributed by atoms with van der Waals surface area (Å²) in [5.41, 5.74) is 3.47. The minimum absolute atomic E-state index is 0.0614. The van der Waals surface area contributed by atoms with Gasteiger partial charge in [-0.2, -0.15) is 5.26 Å². The van der Waals surface area contributed by atoms with Crippen molar-refractivity contribution in [3.63, 3.8) is 0 Å². The summed E-state index contributed by atoms with van der Waals surface area (Å²) in [6, 6.07) is 19.0. The standard InChI is InChI=1S/C20H17N3OS/c1-14(20-23-18(13-25-20)17-5-3-2-4-6-17)22-19(24)11-15-7-9-16(12-21)10-8-15/h2-10,13-14H,11H2,1H3,(H,22,24)/t14-/m1/s1. The molecule has 3 rings (SSSR count). The van der Waals surface area contributed by atoms with Gasteiger partial charge in [-0.15, -0.1) is 11.3 Å². The van der Waals surface area contributed by atoms with Crippen LogP contribution in [-0.2, 0) is 11.2 Å². The first-order valence-electron chi connectivity index (χ1n) is 7.95. The lowest BCUT2D eigenvalue weighted by molar-refractivity contribution is -0.121. The largest absolute Gasteiger partial charge is 0.347 e. The van der Waals surface area contributed by atoms with Crippen molar-refractivity contribution >= 4 is 17.2 Å². The van der Waals surface area contributed by atoms with E-state index in [1.807, 2.05) is 42.6 Å². The highest BCUT2D eigenvalue weighted by atomic mass is 32.1. The van der Waals surface area contributed by atoms with Crippen molar-refractivity contribution in [1.82, 2.24) is 10.3 Å². The van der Waals surface area contributed by atoms with Crippen molar-refractivity contribution in [1.29, 1.82) is 5.26 Å². The van der Waals surface area contributed by atoms with E-state index in [1.54, 1.807) is 35.6 Å². The van der Waals surface area contributed by atoms with Gasteiger partial charge in [0.1, 0.15) is 5.01 Å². The number of hydrogen-bond acceptors (Lipinski definition) is 4. The molecular weight excluding hydrogens is 330 g/mol. The first kappa shape index (κ1) is 16.9. The van der Waals surface area contributed by atoms with Crippen LogP contribution >= 0.6 is 11.3 Å². The molecule has 0 saturated heterocycles. The fourth-order valence-electron chi connectivity index (χ4n) is 2.46. The minimum atomic E-state index is -0.145. The van der Waals surface area contributed by atoms with E-state index in [2.05, 4.69) is 16.4 Å². The zero-order valence-corrected chi connectivity index (χ0v) is 14.6. The number of hydrogen-bond donors (Lipinski definition) is 1. The van der Waals surface area contributed by atoms with Crippen LogP contribution in [0.1, 0.15) is 29.1 Å². The van der Waals surface area contributed by atoms with E-state index in [9.17, 15) is 4.79 Å². The average Bonchev–Trinajstić information content (AvgIpc) is 3.13. The van der Waals surface area contributed by atoms with E-state index in [0.29, 0.717) is 5.56 Å². The van der Waals surface area contributed by atoms with Crippen molar-refractivity contribution < 1.29 is 4.79 Å². The molecule has 0 aliphatic rings. The quantitative estimate of drug-likeness (QED) is 0.755. The van der Waals surface area contributed by atoms with Crippen molar-refractivity contribution in [3.05, 3.63) is 76.1 Å². The normalized spacial score (nSPS) is 11.5. The Morgan fingerprint density at radius 2 is 1.92 bits per heavy atom. The van der Waals surface area contributed by atoms with Crippen molar-refractivity contribution in [2.45, 2.75) is 19.4 Å². The number of aromatic nitrogens is 1. The third-order valence-corrected chi connectivity index (χ3v) is 4.81. The van der Waals surface area contributed by atoms with E-state index < -0.39 is 0 Å². The summed E-state index contributed by atoms with van der Waals surface area (Å²) < 4.78 is 0. The number of carbonyl (C=O) groups excluding carboxylic acids is 1. The molecule has 5 heteroatoms. The van der Waals surface area contributed by atoms with Crippen molar-refractivity contribution in [2.75, 3.05) is 0 Å². The van der Waals surface area contributed by atoms with Crippen LogP contribution in [0.5, 0.6) is 0 Å². The third-order valence-electron chi connectivity index (χ3n) is 3.79. The molecule has 1 aromatic heterocycles. The summed E-state index contributed by atoms with van der Waals surface area (Å²) in [5.74, 6) is -0.0614. The second-order valence-electron chi connectivity index (χ2n) is 5.71. The van der Waals surface area contributed by atoms with Gasteiger partial charge in [0.05, 0.1) is 29.8 Å². The van der Waals surface area contributed by atoms with Gasteiger partial charge in [0.25, 0.3) is 0 Å². The Morgan fingerprint density at radius 3 is 2.60 bits per heavy atom. The zero-order valence-electron chi connectivity index (χ0n) is 13.8. The maximum atomic E-state index is 12.2. The maximum Gasteiger partial charge on any atom is 0.224 e. The van der Waals surface area contributed by atoms with Crippen LogP contribution in [0.4, 0.5) is 0 Å². The predicted molar refractivity (Wildman–Crippen MR) is 99.0 cm³/mol. The molecular formula is C20H17N3OS. The number of thiazole rings is 1. The molecule has 0 radical (unpaired) electrons. The van der Waals surface area contributed by atoms with E-state index in [0.717, 1.165) is 21.8 Å². The number of rotatable bonds is 5. The molecule has 1 amide bonds. The molecule has 0 saturated carbocycles. The Hall–Kier alpha value is -2.97. The Morgan fingerprint density at radius 1 is 1.20 bits per heavy atom. The van der Waals surface area contributed by atoms with Crippen LogP contribution in [-0.4, -0.2) is 10.9 Å². The molecule has 0 unspecified atom stereocenters. The Kier molecular flexibility index (Phi) is 5.22. The molecule has 1 atom stereocenters. The molecule has 0 aliphatic heterocycles.